The second-order valence-corrected chi connectivity index (χ2v) is 5.03. The first-order chi connectivity index (χ1) is 5.04. The molecule has 11 heavy (non-hydrogen) atoms. The van der Waals surface area contributed by atoms with Crippen LogP contribution in [-0.2, 0) is 9.59 Å². The van der Waals surface area contributed by atoms with Crippen molar-refractivity contribution in [1.82, 2.24) is 0 Å². The number of hydrogen-bond acceptors (Lipinski definition) is 2. The zero-order valence-corrected chi connectivity index (χ0v) is 7.82. The fourth-order valence-electron chi connectivity index (χ4n) is 0.394. The van der Waals surface area contributed by atoms with E-state index in [-0.39, 0.29) is 26.2 Å². The average Bonchev–Trinajstić information content (AvgIpc) is 1.86. The van der Waals surface area contributed by atoms with Crippen molar-refractivity contribution in [2.75, 3.05) is 0 Å². The molecule has 4 nitrogen and oxygen atoms in total. The predicted molar refractivity (Wildman–Crippen MR) is 39.9 cm³/mol. The topological polar surface area (TPSA) is 74.6 Å². The van der Waals surface area contributed by atoms with E-state index >= 15 is 0 Å². The van der Waals surface area contributed by atoms with Crippen molar-refractivity contribution in [3.05, 3.63) is 0 Å². The Morgan fingerprint density at radius 2 is 2.00 bits per heavy atom. The summed E-state index contributed by atoms with van der Waals surface area (Å²) < 4.78 is 0. The van der Waals surface area contributed by atoms with Crippen LogP contribution in [0.15, 0.2) is 0 Å². The molecule has 0 aromatic rings. The molecule has 64 valence electrons. The van der Waals surface area contributed by atoms with Crippen molar-refractivity contribution < 1.29 is 19.8 Å². The van der Waals surface area contributed by atoms with Crippen LogP contribution >= 0.6 is 0 Å². The van der Waals surface area contributed by atoms with E-state index in [2.05, 4.69) is 0 Å². The molecular weight excluding hydrogens is 215 g/mol. The Balaban J connectivity index is 3.39. The Bertz CT molecular complexity index is 157. The van der Waals surface area contributed by atoms with Gasteiger partial charge < -0.3 is 0 Å². The van der Waals surface area contributed by atoms with Gasteiger partial charge in [-0.2, -0.15) is 0 Å². The molecule has 0 rings (SSSR count). The standard InChI is InChI=1S/C6H10O4Se/c1-4(6(9)10)11-3-2-5(7)8/h4H,2-3H2,1H3,(H,7,8)(H,9,10)/t4-/m0/s1. The number of carboxylic acids is 2. The predicted octanol–water partition coefficient (Wildman–Crippen LogP) is 0.477. The van der Waals surface area contributed by atoms with E-state index in [9.17, 15) is 9.59 Å². The third-order valence-electron chi connectivity index (χ3n) is 1.03. The van der Waals surface area contributed by atoms with E-state index in [0.717, 1.165) is 0 Å². The Morgan fingerprint density at radius 3 is 2.36 bits per heavy atom. The van der Waals surface area contributed by atoms with Crippen LogP contribution in [0.1, 0.15) is 13.3 Å². The SMILES string of the molecule is C[C@H]([Se]CCC(=O)O)C(=O)O. The van der Waals surface area contributed by atoms with Gasteiger partial charge in [-0.15, -0.1) is 0 Å². The van der Waals surface area contributed by atoms with Gasteiger partial charge in [0, 0.05) is 0 Å². The second kappa shape index (κ2) is 5.15. The Kier molecular flexibility index (Phi) is 4.90. The molecule has 0 saturated carbocycles. The van der Waals surface area contributed by atoms with E-state index in [4.69, 9.17) is 10.2 Å². The minimum atomic E-state index is -0.857. The van der Waals surface area contributed by atoms with Gasteiger partial charge >= 0.3 is 70.2 Å². The van der Waals surface area contributed by atoms with Gasteiger partial charge in [0.15, 0.2) is 0 Å². The van der Waals surface area contributed by atoms with Crippen LogP contribution in [0.5, 0.6) is 0 Å². The molecule has 1 atom stereocenters. The van der Waals surface area contributed by atoms with Crippen molar-refractivity contribution in [2.45, 2.75) is 23.5 Å². The van der Waals surface area contributed by atoms with Crippen LogP contribution < -0.4 is 0 Å². The van der Waals surface area contributed by atoms with E-state index in [1.54, 1.807) is 6.92 Å². The summed E-state index contributed by atoms with van der Waals surface area (Å²) in [5, 5.41) is 17.1. The van der Waals surface area contributed by atoms with E-state index < -0.39 is 11.9 Å². The molecule has 0 aromatic carbocycles. The van der Waals surface area contributed by atoms with Gasteiger partial charge in [0.2, 0.25) is 0 Å². The number of carbonyl (C=O) groups is 2. The molecule has 0 spiro atoms. The normalized spacial score (nSPS) is 12.5. The van der Waals surface area contributed by atoms with Gasteiger partial charge in [-0.3, -0.25) is 0 Å². The zero-order valence-electron chi connectivity index (χ0n) is 6.11. The Morgan fingerprint density at radius 1 is 1.45 bits per heavy atom. The summed E-state index contributed by atoms with van der Waals surface area (Å²) in [5.41, 5.74) is 0. The third kappa shape index (κ3) is 5.88. The van der Waals surface area contributed by atoms with Crippen molar-refractivity contribution >= 4 is 26.9 Å². The number of aliphatic carboxylic acids is 2. The first-order valence-electron chi connectivity index (χ1n) is 3.10. The first-order valence-corrected chi connectivity index (χ1v) is 5.30. The summed E-state index contributed by atoms with van der Waals surface area (Å²) in [6.07, 6.45) is 0.0810. The zero-order chi connectivity index (χ0) is 8.85. The van der Waals surface area contributed by atoms with Gasteiger partial charge in [-0.25, -0.2) is 0 Å². The molecule has 0 heterocycles. The number of carboxylic acid groups (broad SMARTS) is 2. The van der Waals surface area contributed by atoms with Crippen molar-refractivity contribution in [3.63, 3.8) is 0 Å². The van der Waals surface area contributed by atoms with Crippen LogP contribution in [0.4, 0.5) is 0 Å². The Hall–Kier alpha value is -0.541. The van der Waals surface area contributed by atoms with Gasteiger partial charge in [0.05, 0.1) is 0 Å². The fraction of sp³-hybridized carbons (Fsp3) is 0.667. The molecule has 0 aliphatic heterocycles. The van der Waals surface area contributed by atoms with Gasteiger partial charge in [0.25, 0.3) is 0 Å². The van der Waals surface area contributed by atoms with E-state index in [1.165, 1.54) is 0 Å². The molecule has 0 aromatic heterocycles. The fourth-order valence-corrected chi connectivity index (χ4v) is 2.05. The third-order valence-corrected chi connectivity index (χ3v) is 3.43. The average molecular weight is 225 g/mol. The van der Waals surface area contributed by atoms with Crippen LogP contribution in [-0.4, -0.2) is 37.1 Å². The van der Waals surface area contributed by atoms with Crippen LogP contribution in [0.2, 0.25) is 10.1 Å². The molecule has 2 N–H and O–H groups in total. The summed E-state index contributed by atoms with van der Waals surface area (Å²) >= 11 is -0.0930. The molecule has 5 heteroatoms. The molecule has 0 aliphatic rings. The first kappa shape index (κ1) is 10.5. The molecule has 0 radical (unpaired) electrons. The molecule has 0 fully saturated rings. The molecular formula is C6H10O4Se. The van der Waals surface area contributed by atoms with Crippen LogP contribution in [0.3, 0.4) is 0 Å². The second-order valence-electron chi connectivity index (χ2n) is 1.99. The molecule has 0 amide bonds. The van der Waals surface area contributed by atoms with E-state index in [1.807, 2.05) is 0 Å². The summed E-state index contributed by atoms with van der Waals surface area (Å²) in [5.74, 6) is -1.69. The maximum absolute atomic E-state index is 10.2. The monoisotopic (exact) mass is 226 g/mol. The summed E-state index contributed by atoms with van der Waals surface area (Å²) in [4.78, 5) is 19.9. The molecule has 0 aliphatic carbocycles. The van der Waals surface area contributed by atoms with Crippen molar-refractivity contribution in [3.8, 4) is 0 Å². The number of hydrogen-bond donors (Lipinski definition) is 2. The van der Waals surface area contributed by atoms with Gasteiger partial charge in [-0.1, -0.05) is 0 Å². The summed E-state index contributed by atoms with van der Waals surface area (Å²) in [6.45, 7) is 1.60. The van der Waals surface area contributed by atoms with Crippen molar-refractivity contribution in [2.24, 2.45) is 0 Å². The quantitative estimate of drug-likeness (QED) is 0.667. The van der Waals surface area contributed by atoms with Crippen LogP contribution in [0, 0.1) is 0 Å². The van der Waals surface area contributed by atoms with E-state index in [0.29, 0.717) is 5.32 Å². The summed E-state index contributed by atoms with van der Waals surface area (Å²) in [6, 6.07) is 0. The van der Waals surface area contributed by atoms with Gasteiger partial charge in [0.1, 0.15) is 0 Å². The maximum atomic E-state index is 10.2. The molecule has 0 unspecified atom stereocenters. The number of rotatable bonds is 5. The van der Waals surface area contributed by atoms with Crippen LogP contribution in [0.25, 0.3) is 0 Å². The summed E-state index contributed by atoms with van der Waals surface area (Å²) in [7, 11) is 0. The van der Waals surface area contributed by atoms with Gasteiger partial charge in [-0.05, 0) is 0 Å². The Labute approximate surface area is 70.8 Å². The molecule has 0 saturated heterocycles. The molecule has 0 bridgehead atoms. The minimum absolute atomic E-state index is 0.0810. The van der Waals surface area contributed by atoms with Crippen molar-refractivity contribution in [1.29, 1.82) is 0 Å².